The van der Waals surface area contributed by atoms with Crippen LogP contribution in [0, 0.1) is 11.2 Å². The number of hydrogen-bond donors (Lipinski definition) is 3. The van der Waals surface area contributed by atoms with Crippen molar-refractivity contribution in [3.05, 3.63) is 72.4 Å². The van der Waals surface area contributed by atoms with Crippen LogP contribution in [0.2, 0.25) is 0 Å². The molecule has 2 aliphatic heterocycles. The zero-order valence-corrected chi connectivity index (χ0v) is 23.9. The summed E-state index contributed by atoms with van der Waals surface area (Å²) in [7, 11) is 1.60. The molecular formula is C31H33FN6O5. The summed E-state index contributed by atoms with van der Waals surface area (Å²) < 4.78 is 36.7. The van der Waals surface area contributed by atoms with E-state index in [1.807, 2.05) is 31.2 Å². The first-order chi connectivity index (χ1) is 20.9. The molecule has 0 saturated carbocycles. The molecule has 11 nitrogen and oxygen atoms in total. The summed E-state index contributed by atoms with van der Waals surface area (Å²) in [4.78, 5) is 30.1. The summed E-state index contributed by atoms with van der Waals surface area (Å²) in [6.07, 6.45) is 2.78. The van der Waals surface area contributed by atoms with Gasteiger partial charge in [0.15, 0.2) is 5.82 Å². The number of carbonyl (C=O) groups is 1. The van der Waals surface area contributed by atoms with Crippen LogP contribution in [0.5, 0.6) is 5.75 Å². The van der Waals surface area contributed by atoms with E-state index < -0.39 is 11.7 Å². The van der Waals surface area contributed by atoms with E-state index in [-0.39, 0.29) is 31.0 Å². The summed E-state index contributed by atoms with van der Waals surface area (Å²) in [5.74, 6) is 0.954. The van der Waals surface area contributed by atoms with Crippen LogP contribution in [0.1, 0.15) is 31.9 Å². The number of nitrogens with one attached hydrogen (secondary N) is 3. The highest BCUT2D eigenvalue weighted by Crippen LogP contribution is 2.36. The number of imidazole rings is 1. The quantitative estimate of drug-likeness (QED) is 0.253. The monoisotopic (exact) mass is 588 g/mol. The first-order valence-electron chi connectivity index (χ1n) is 14.1. The van der Waals surface area contributed by atoms with Crippen LogP contribution in [0.3, 0.4) is 0 Å². The van der Waals surface area contributed by atoms with Crippen molar-refractivity contribution in [3.8, 4) is 28.4 Å². The van der Waals surface area contributed by atoms with Gasteiger partial charge in [-0.1, -0.05) is 6.07 Å². The van der Waals surface area contributed by atoms with Crippen LogP contribution in [0.4, 0.5) is 16.0 Å². The molecule has 1 amide bonds. The first kappa shape index (κ1) is 28.7. The number of rotatable bonds is 9. The van der Waals surface area contributed by atoms with Gasteiger partial charge in [-0.25, -0.2) is 19.3 Å². The van der Waals surface area contributed by atoms with Gasteiger partial charge in [0.2, 0.25) is 18.1 Å². The summed E-state index contributed by atoms with van der Waals surface area (Å²) in [6.45, 7) is 3.28. The molecular weight excluding hydrogens is 555 g/mol. The van der Waals surface area contributed by atoms with Gasteiger partial charge < -0.3 is 34.6 Å². The van der Waals surface area contributed by atoms with Gasteiger partial charge in [-0.15, -0.1) is 0 Å². The SMILES string of the molecule is COc1cccc(Nc2nccc(-c3[nH]c(C4OCC(C)(C(=O)NCC5CCCO5)CO4)nc3-c3ccc(F)cc3)n2)c1. The molecule has 0 spiro atoms. The maximum Gasteiger partial charge on any atom is 0.230 e. The Bertz CT molecular complexity index is 1570. The molecule has 4 heterocycles. The number of nitrogens with zero attached hydrogens (tertiary/aromatic N) is 3. The van der Waals surface area contributed by atoms with Crippen LogP contribution < -0.4 is 15.4 Å². The fourth-order valence-electron chi connectivity index (χ4n) is 5.02. The van der Waals surface area contributed by atoms with Gasteiger partial charge in [0, 0.05) is 36.7 Å². The number of ether oxygens (including phenoxy) is 4. The Labute approximate surface area is 248 Å². The molecule has 0 radical (unpaired) electrons. The molecule has 43 heavy (non-hydrogen) atoms. The van der Waals surface area contributed by atoms with Gasteiger partial charge in [0.1, 0.15) is 11.6 Å². The molecule has 4 aromatic rings. The standard InChI is InChI=1S/C31H33FN6O5/c1-31(29(39)34-16-23-7-4-14-41-23)17-42-28(43-18-31)27-37-25(19-8-10-20(32)11-9-19)26(38-27)24-12-13-33-30(36-24)35-21-5-3-6-22(15-21)40-2/h3,5-6,8-13,15,23,28H,4,7,14,16-18H2,1-2H3,(H,34,39)(H,37,38)(H,33,35,36). The lowest BCUT2D eigenvalue weighted by Gasteiger charge is -2.35. The molecule has 224 valence electrons. The molecule has 2 aliphatic rings. The zero-order chi connectivity index (χ0) is 29.8. The number of benzene rings is 2. The molecule has 1 unspecified atom stereocenters. The smallest absolute Gasteiger partial charge is 0.230 e. The van der Waals surface area contributed by atoms with Gasteiger partial charge in [-0.2, -0.15) is 0 Å². The number of amides is 1. The normalized spacial score (nSPS) is 21.8. The zero-order valence-electron chi connectivity index (χ0n) is 23.9. The highest BCUT2D eigenvalue weighted by molar-refractivity contribution is 5.82. The average Bonchev–Trinajstić information content (AvgIpc) is 3.72. The number of halogens is 1. The van der Waals surface area contributed by atoms with Crippen molar-refractivity contribution in [1.82, 2.24) is 25.3 Å². The molecule has 3 N–H and O–H groups in total. The Morgan fingerprint density at radius 1 is 1.12 bits per heavy atom. The molecule has 2 aromatic heterocycles. The summed E-state index contributed by atoms with van der Waals surface area (Å²) in [5.41, 5.74) is 2.23. The van der Waals surface area contributed by atoms with Gasteiger partial charge in [-0.3, -0.25) is 4.79 Å². The van der Waals surface area contributed by atoms with Crippen LogP contribution in [-0.4, -0.2) is 65.4 Å². The van der Waals surface area contributed by atoms with Crippen molar-refractivity contribution in [2.75, 3.05) is 38.8 Å². The molecule has 2 saturated heterocycles. The van der Waals surface area contributed by atoms with Crippen molar-refractivity contribution >= 4 is 17.5 Å². The molecule has 12 heteroatoms. The van der Waals surface area contributed by atoms with E-state index in [0.717, 1.165) is 25.1 Å². The van der Waals surface area contributed by atoms with Gasteiger partial charge in [0.05, 0.1) is 48.9 Å². The lowest BCUT2D eigenvalue weighted by atomic mass is 9.91. The number of aromatic nitrogens is 4. The van der Waals surface area contributed by atoms with Crippen LogP contribution >= 0.6 is 0 Å². The lowest BCUT2D eigenvalue weighted by Crippen LogP contribution is -2.49. The van der Waals surface area contributed by atoms with Crippen molar-refractivity contribution < 1.29 is 28.1 Å². The van der Waals surface area contributed by atoms with E-state index >= 15 is 0 Å². The number of methoxy groups -OCH3 is 1. The Balaban J connectivity index is 1.23. The Morgan fingerprint density at radius 3 is 2.67 bits per heavy atom. The fourth-order valence-corrected chi connectivity index (χ4v) is 5.02. The van der Waals surface area contributed by atoms with E-state index in [4.69, 9.17) is 28.9 Å². The highest BCUT2D eigenvalue weighted by Gasteiger charge is 2.41. The second-order valence-electron chi connectivity index (χ2n) is 10.8. The highest BCUT2D eigenvalue weighted by atomic mass is 19.1. The van der Waals surface area contributed by atoms with E-state index in [2.05, 4.69) is 20.6 Å². The van der Waals surface area contributed by atoms with E-state index in [1.165, 1.54) is 12.1 Å². The summed E-state index contributed by atoms with van der Waals surface area (Å²) in [5, 5.41) is 6.17. The number of hydrogen-bond acceptors (Lipinski definition) is 9. The number of anilines is 2. The van der Waals surface area contributed by atoms with Crippen molar-refractivity contribution in [2.45, 2.75) is 32.2 Å². The van der Waals surface area contributed by atoms with Crippen LogP contribution in [0.25, 0.3) is 22.6 Å². The lowest BCUT2D eigenvalue weighted by molar-refractivity contribution is -0.231. The molecule has 0 bridgehead atoms. The Hall–Kier alpha value is -4.39. The van der Waals surface area contributed by atoms with E-state index in [0.29, 0.717) is 46.7 Å². The molecule has 0 aliphatic carbocycles. The predicted molar refractivity (Wildman–Crippen MR) is 156 cm³/mol. The summed E-state index contributed by atoms with van der Waals surface area (Å²) in [6, 6.07) is 15.2. The molecule has 6 rings (SSSR count). The number of carbonyl (C=O) groups excluding carboxylic acids is 1. The third kappa shape index (κ3) is 6.51. The minimum absolute atomic E-state index is 0.0465. The van der Waals surface area contributed by atoms with E-state index in [9.17, 15) is 9.18 Å². The van der Waals surface area contributed by atoms with Crippen molar-refractivity contribution in [1.29, 1.82) is 0 Å². The maximum absolute atomic E-state index is 13.8. The minimum atomic E-state index is -0.863. The van der Waals surface area contributed by atoms with E-state index in [1.54, 1.807) is 31.5 Å². The average molecular weight is 589 g/mol. The van der Waals surface area contributed by atoms with Crippen molar-refractivity contribution in [3.63, 3.8) is 0 Å². The largest absolute Gasteiger partial charge is 0.497 e. The third-order valence-electron chi connectivity index (χ3n) is 7.47. The Morgan fingerprint density at radius 2 is 1.93 bits per heavy atom. The second kappa shape index (κ2) is 12.5. The molecule has 2 fully saturated rings. The minimum Gasteiger partial charge on any atom is -0.497 e. The molecule has 2 aromatic carbocycles. The fraction of sp³-hybridized carbons (Fsp3) is 0.355. The maximum atomic E-state index is 13.8. The first-order valence-corrected chi connectivity index (χ1v) is 14.1. The topological polar surface area (TPSA) is 133 Å². The van der Waals surface area contributed by atoms with Crippen LogP contribution in [-0.2, 0) is 19.0 Å². The number of aromatic amines is 1. The predicted octanol–water partition coefficient (Wildman–Crippen LogP) is 4.77. The molecule has 1 atom stereocenters. The third-order valence-corrected chi connectivity index (χ3v) is 7.47. The van der Waals surface area contributed by atoms with Gasteiger partial charge >= 0.3 is 0 Å². The summed E-state index contributed by atoms with van der Waals surface area (Å²) >= 11 is 0. The Kier molecular flexibility index (Phi) is 8.32. The van der Waals surface area contributed by atoms with Crippen molar-refractivity contribution in [2.24, 2.45) is 5.41 Å². The number of H-pyrrole nitrogens is 1. The van der Waals surface area contributed by atoms with Crippen LogP contribution in [0.15, 0.2) is 60.8 Å². The second-order valence-corrected chi connectivity index (χ2v) is 10.8. The van der Waals surface area contributed by atoms with Gasteiger partial charge in [-0.05, 0) is 62.2 Å². The van der Waals surface area contributed by atoms with Gasteiger partial charge in [0.25, 0.3) is 0 Å².